The molecule has 19 heavy (non-hydrogen) atoms. The summed E-state index contributed by atoms with van der Waals surface area (Å²) in [4.78, 5) is 12.6. The molecule has 2 heterocycles. The minimum atomic E-state index is -0.323. The average Bonchev–Trinajstić information content (AvgIpc) is 2.78. The van der Waals surface area contributed by atoms with Crippen molar-refractivity contribution in [1.82, 2.24) is 4.90 Å². The van der Waals surface area contributed by atoms with Crippen molar-refractivity contribution in [2.24, 2.45) is 11.7 Å². The summed E-state index contributed by atoms with van der Waals surface area (Å²) in [6.45, 7) is 4.96. The van der Waals surface area contributed by atoms with Gasteiger partial charge in [0.25, 0.3) is 0 Å². The SMILES string of the molecule is CC(N)C1CCN(Cc2csc([N+](=O)[O-])c2)CC1.Cl. The smallest absolute Gasteiger partial charge is 0.324 e. The summed E-state index contributed by atoms with van der Waals surface area (Å²) in [5, 5.41) is 12.7. The van der Waals surface area contributed by atoms with Gasteiger partial charge in [-0.15, -0.1) is 12.4 Å². The molecule has 1 atom stereocenters. The van der Waals surface area contributed by atoms with Crippen molar-refractivity contribution in [3.63, 3.8) is 0 Å². The first-order valence-electron chi connectivity index (χ1n) is 6.26. The predicted octanol–water partition coefficient (Wildman–Crippen LogP) is 2.64. The second kappa shape index (κ2) is 7.19. The van der Waals surface area contributed by atoms with Crippen LogP contribution >= 0.6 is 23.7 Å². The lowest BCUT2D eigenvalue weighted by Gasteiger charge is -2.33. The summed E-state index contributed by atoms with van der Waals surface area (Å²) in [5.74, 6) is 0.623. The summed E-state index contributed by atoms with van der Waals surface area (Å²) < 4.78 is 0. The zero-order valence-electron chi connectivity index (χ0n) is 10.9. The second-order valence-corrected chi connectivity index (χ2v) is 5.91. The molecule has 0 spiro atoms. The fraction of sp³-hybridized carbons (Fsp3) is 0.667. The lowest BCUT2D eigenvalue weighted by atomic mass is 9.91. The van der Waals surface area contributed by atoms with Gasteiger partial charge in [-0.1, -0.05) is 11.3 Å². The quantitative estimate of drug-likeness (QED) is 0.685. The highest BCUT2D eigenvalue weighted by Crippen LogP contribution is 2.26. The second-order valence-electron chi connectivity index (χ2n) is 5.02. The van der Waals surface area contributed by atoms with E-state index in [1.807, 2.05) is 5.38 Å². The number of hydrogen-bond donors (Lipinski definition) is 1. The molecule has 1 aromatic heterocycles. The Hall–Kier alpha value is -0.690. The van der Waals surface area contributed by atoms with Gasteiger partial charge in [0, 0.05) is 24.0 Å². The molecule has 1 aliphatic heterocycles. The largest absolute Gasteiger partial charge is 0.328 e. The highest BCUT2D eigenvalue weighted by molar-refractivity contribution is 7.13. The highest BCUT2D eigenvalue weighted by atomic mass is 35.5. The lowest BCUT2D eigenvalue weighted by molar-refractivity contribution is -0.380. The third-order valence-electron chi connectivity index (χ3n) is 3.60. The normalized spacial score (nSPS) is 18.8. The molecule has 0 amide bonds. The average molecular weight is 306 g/mol. The molecule has 1 aliphatic rings. The number of piperidine rings is 1. The van der Waals surface area contributed by atoms with Gasteiger partial charge in [-0.25, -0.2) is 0 Å². The van der Waals surface area contributed by atoms with Gasteiger partial charge < -0.3 is 5.73 Å². The molecule has 0 aromatic carbocycles. The molecule has 1 saturated heterocycles. The van der Waals surface area contributed by atoms with Crippen molar-refractivity contribution in [3.8, 4) is 0 Å². The van der Waals surface area contributed by atoms with Gasteiger partial charge in [-0.2, -0.15) is 0 Å². The van der Waals surface area contributed by atoms with E-state index in [1.54, 1.807) is 6.07 Å². The Morgan fingerprint density at radius 1 is 1.58 bits per heavy atom. The maximum atomic E-state index is 10.6. The Balaban J connectivity index is 0.00000180. The Kier molecular flexibility index (Phi) is 6.19. The van der Waals surface area contributed by atoms with E-state index in [0.29, 0.717) is 5.92 Å². The van der Waals surface area contributed by atoms with Gasteiger partial charge in [0.2, 0.25) is 0 Å². The number of rotatable bonds is 4. The van der Waals surface area contributed by atoms with Gasteiger partial charge >= 0.3 is 5.00 Å². The van der Waals surface area contributed by atoms with E-state index in [4.69, 9.17) is 5.73 Å². The first kappa shape index (κ1) is 16.4. The topological polar surface area (TPSA) is 72.4 Å². The molecule has 7 heteroatoms. The molecule has 0 aliphatic carbocycles. The van der Waals surface area contributed by atoms with E-state index in [9.17, 15) is 10.1 Å². The zero-order valence-corrected chi connectivity index (χ0v) is 12.6. The minimum Gasteiger partial charge on any atom is -0.328 e. The number of likely N-dealkylation sites (tertiary alicyclic amines) is 1. The molecular formula is C12H20ClN3O2S. The van der Waals surface area contributed by atoms with Crippen LogP contribution in [0.25, 0.3) is 0 Å². The number of nitro groups is 1. The van der Waals surface area contributed by atoms with Crippen molar-refractivity contribution in [1.29, 1.82) is 0 Å². The van der Waals surface area contributed by atoms with Crippen molar-refractivity contribution < 1.29 is 4.92 Å². The maximum Gasteiger partial charge on any atom is 0.324 e. The van der Waals surface area contributed by atoms with Crippen molar-refractivity contribution >= 4 is 28.7 Å². The Morgan fingerprint density at radius 3 is 2.68 bits per heavy atom. The van der Waals surface area contributed by atoms with E-state index in [0.717, 1.165) is 38.0 Å². The predicted molar refractivity (Wildman–Crippen MR) is 79.9 cm³/mol. The fourth-order valence-electron chi connectivity index (χ4n) is 2.44. The summed E-state index contributed by atoms with van der Waals surface area (Å²) in [5.41, 5.74) is 6.96. The van der Waals surface area contributed by atoms with Crippen LogP contribution in [0.4, 0.5) is 5.00 Å². The van der Waals surface area contributed by atoms with E-state index in [2.05, 4.69) is 11.8 Å². The summed E-state index contributed by atoms with van der Waals surface area (Å²) >= 11 is 1.21. The van der Waals surface area contributed by atoms with Gasteiger partial charge in [0.15, 0.2) is 0 Å². The number of thiophene rings is 1. The van der Waals surface area contributed by atoms with Crippen LogP contribution in [0, 0.1) is 16.0 Å². The summed E-state index contributed by atoms with van der Waals surface area (Å²) in [6.07, 6.45) is 2.26. The van der Waals surface area contributed by atoms with E-state index >= 15 is 0 Å². The number of halogens is 1. The lowest BCUT2D eigenvalue weighted by Crippen LogP contribution is -2.39. The standard InChI is InChI=1S/C12H19N3O2S.ClH/c1-9(13)11-2-4-14(5-3-11)7-10-6-12(15(16)17)18-8-10;/h6,8-9,11H,2-5,7,13H2,1H3;1H. The van der Waals surface area contributed by atoms with E-state index in [1.165, 1.54) is 11.3 Å². The van der Waals surface area contributed by atoms with E-state index < -0.39 is 0 Å². The van der Waals surface area contributed by atoms with Crippen molar-refractivity contribution in [2.75, 3.05) is 13.1 Å². The first-order chi connectivity index (χ1) is 8.56. The van der Waals surface area contributed by atoms with Gasteiger partial charge in [0.1, 0.15) is 0 Å². The third kappa shape index (κ3) is 4.42. The monoisotopic (exact) mass is 305 g/mol. The molecule has 2 rings (SSSR count). The molecule has 0 bridgehead atoms. The molecule has 0 radical (unpaired) electrons. The van der Waals surface area contributed by atoms with Gasteiger partial charge in [-0.05, 0) is 44.3 Å². The van der Waals surface area contributed by atoms with Crippen LogP contribution in [0.1, 0.15) is 25.3 Å². The highest BCUT2D eigenvalue weighted by Gasteiger charge is 2.22. The molecule has 1 unspecified atom stereocenters. The molecule has 5 nitrogen and oxygen atoms in total. The number of nitrogens with zero attached hydrogens (tertiary/aromatic N) is 2. The molecule has 0 saturated carbocycles. The number of nitrogens with two attached hydrogens (primary N) is 1. The zero-order chi connectivity index (χ0) is 13.1. The molecular weight excluding hydrogens is 286 g/mol. The minimum absolute atomic E-state index is 0. The molecule has 108 valence electrons. The summed E-state index contributed by atoms with van der Waals surface area (Å²) in [7, 11) is 0. The summed E-state index contributed by atoms with van der Waals surface area (Å²) in [6, 6.07) is 1.96. The van der Waals surface area contributed by atoms with E-state index in [-0.39, 0.29) is 28.4 Å². The van der Waals surface area contributed by atoms with Crippen molar-refractivity contribution in [2.45, 2.75) is 32.4 Å². The van der Waals surface area contributed by atoms with Gasteiger partial charge in [-0.3, -0.25) is 15.0 Å². The van der Waals surface area contributed by atoms with Crippen LogP contribution in [-0.2, 0) is 6.54 Å². The third-order valence-corrected chi connectivity index (χ3v) is 4.53. The first-order valence-corrected chi connectivity index (χ1v) is 7.14. The van der Waals surface area contributed by atoms with Crippen LogP contribution in [-0.4, -0.2) is 29.0 Å². The van der Waals surface area contributed by atoms with Gasteiger partial charge in [0.05, 0.1) is 4.92 Å². The Morgan fingerprint density at radius 2 is 2.21 bits per heavy atom. The fourth-order valence-corrected chi connectivity index (χ4v) is 3.16. The van der Waals surface area contributed by atoms with Crippen LogP contribution in [0.2, 0.25) is 0 Å². The van der Waals surface area contributed by atoms with Crippen LogP contribution in [0.15, 0.2) is 11.4 Å². The maximum absolute atomic E-state index is 10.6. The molecule has 1 fully saturated rings. The number of hydrogen-bond acceptors (Lipinski definition) is 5. The van der Waals surface area contributed by atoms with Crippen LogP contribution in [0.3, 0.4) is 0 Å². The van der Waals surface area contributed by atoms with Crippen LogP contribution < -0.4 is 5.73 Å². The van der Waals surface area contributed by atoms with Crippen LogP contribution in [0.5, 0.6) is 0 Å². The molecule has 2 N–H and O–H groups in total. The molecule has 1 aromatic rings. The van der Waals surface area contributed by atoms with Crippen molar-refractivity contribution in [3.05, 3.63) is 27.1 Å². The Labute approximate surface area is 123 Å². The Bertz CT molecular complexity index is 417.